The van der Waals surface area contributed by atoms with Gasteiger partial charge in [0.2, 0.25) is 5.91 Å². The number of rotatable bonds is 7. The van der Waals surface area contributed by atoms with Gasteiger partial charge in [0.25, 0.3) is 0 Å². The molecule has 0 aromatic rings. The van der Waals surface area contributed by atoms with Crippen molar-refractivity contribution < 1.29 is 9.90 Å². The van der Waals surface area contributed by atoms with Gasteiger partial charge < -0.3 is 15.3 Å². The number of aliphatic hydroxyl groups excluding tert-OH is 1. The van der Waals surface area contributed by atoms with Crippen molar-refractivity contribution in [2.24, 2.45) is 5.92 Å². The van der Waals surface area contributed by atoms with Crippen LogP contribution in [-0.4, -0.2) is 48.2 Å². The Labute approximate surface area is 98.0 Å². The summed E-state index contributed by atoms with van der Waals surface area (Å²) in [4.78, 5) is 13.9. The van der Waals surface area contributed by atoms with E-state index in [4.69, 9.17) is 5.11 Å². The first kappa shape index (κ1) is 13.5. The van der Waals surface area contributed by atoms with Crippen LogP contribution in [0.1, 0.15) is 33.1 Å². The van der Waals surface area contributed by atoms with Crippen molar-refractivity contribution in [1.82, 2.24) is 10.2 Å². The maximum Gasteiger partial charge on any atom is 0.239 e. The van der Waals surface area contributed by atoms with E-state index in [0.29, 0.717) is 5.92 Å². The maximum absolute atomic E-state index is 12.0. The first-order valence-electron chi connectivity index (χ1n) is 6.35. The Morgan fingerprint density at radius 2 is 2.31 bits per heavy atom. The van der Waals surface area contributed by atoms with E-state index in [1.54, 1.807) is 0 Å². The molecule has 0 radical (unpaired) electrons. The second-order valence-electron chi connectivity index (χ2n) is 4.47. The highest BCUT2D eigenvalue weighted by Crippen LogP contribution is 2.16. The molecule has 1 aliphatic rings. The van der Waals surface area contributed by atoms with Gasteiger partial charge in [0.05, 0.1) is 6.04 Å². The molecule has 0 spiro atoms. The van der Waals surface area contributed by atoms with Crippen LogP contribution in [0, 0.1) is 5.92 Å². The monoisotopic (exact) mass is 228 g/mol. The van der Waals surface area contributed by atoms with Crippen LogP contribution < -0.4 is 5.32 Å². The lowest BCUT2D eigenvalue weighted by Crippen LogP contribution is -2.39. The zero-order valence-corrected chi connectivity index (χ0v) is 10.4. The Bertz CT molecular complexity index is 221. The van der Waals surface area contributed by atoms with Crippen molar-refractivity contribution in [3.8, 4) is 0 Å². The third-order valence-corrected chi connectivity index (χ3v) is 3.34. The van der Waals surface area contributed by atoms with Gasteiger partial charge in [-0.3, -0.25) is 4.79 Å². The highest BCUT2D eigenvalue weighted by atomic mass is 16.3. The van der Waals surface area contributed by atoms with Crippen LogP contribution in [0.3, 0.4) is 0 Å². The number of nitrogens with zero attached hydrogens (tertiary/aromatic N) is 1. The van der Waals surface area contributed by atoms with Gasteiger partial charge in [-0.1, -0.05) is 20.3 Å². The number of likely N-dealkylation sites (N-methyl/N-ethyl adjacent to an activating group) is 1. The largest absolute Gasteiger partial charge is 0.396 e. The second-order valence-corrected chi connectivity index (χ2v) is 4.47. The summed E-state index contributed by atoms with van der Waals surface area (Å²) >= 11 is 0. The summed E-state index contributed by atoms with van der Waals surface area (Å²) in [5.41, 5.74) is 0. The fourth-order valence-corrected chi connectivity index (χ4v) is 2.27. The molecule has 0 bridgehead atoms. The van der Waals surface area contributed by atoms with E-state index in [0.717, 1.165) is 38.9 Å². The van der Waals surface area contributed by atoms with E-state index in [-0.39, 0.29) is 18.6 Å². The molecule has 1 heterocycles. The molecule has 2 N–H and O–H groups in total. The lowest BCUT2D eigenvalue weighted by atomic mass is 10.0. The van der Waals surface area contributed by atoms with Crippen LogP contribution in [0.25, 0.3) is 0 Å². The molecular formula is C12H24N2O2. The molecule has 0 aromatic heterocycles. The number of amides is 1. The van der Waals surface area contributed by atoms with E-state index >= 15 is 0 Å². The Hall–Kier alpha value is -0.610. The predicted molar refractivity (Wildman–Crippen MR) is 64.1 cm³/mol. The van der Waals surface area contributed by atoms with Gasteiger partial charge in [0.1, 0.15) is 0 Å². The second kappa shape index (κ2) is 6.86. The summed E-state index contributed by atoms with van der Waals surface area (Å²) in [5.74, 6) is 0.674. The van der Waals surface area contributed by atoms with Gasteiger partial charge >= 0.3 is 0 Å². The molecule has 1 aliphatic heterocycles. The highest BCUT2D eigenvalue weighted by Gasteiger charge is 2.31. The topological polar surface area (TPSA) is 52.6 Å². The first-order chi connectivity index (χ1) is 7.72. The summed E-state index contributed by atoms with van der Waals surface area (Å²) in [6, 6.07) is 0.0247. The average Bonchev–Trinajstić information content (AvgIpc) is 2.61. The van der Waals surface area contributed by atoms with Gasteiger partial charge in [0.15, 0.2) is 0 Å². The van der Waals surface area contributed by atoms with Crippen molar-refractivity contribution in [2.75, 3.05) is 26.2 Å². The summed E-state index contributed by atoms with van der Waals surface area (Å²) < 4.78 is 0. The quantitative estimate of drug-likeness (QED) is 0.671. The molecule has 4 nitrogen and oxygen atoms in total. The van der Waals surface area contributed by atoms with Gasteiger partial charge in [-0.15, -0.1) is 0 Å². The Kier molecular flexibility index (Phi) is 5.77. The van der Waals surface area contributed by atoms with Crippen LogP contribution in [0.15, 0.2) is 0 Å². The van der Waals surface area contributed by atoms with Gasteiger partial charge in [-0.2, -0.15) is 0 Å². The molecule has 1 amide bonds. The van der Waals surface area contributed by atoms with E-state index in [1.165, 1.54) is 0 Å². The molecule has 4 heteroatoms. The smallest absolute Gasteiger partial charge is 0.239 e. The van der Waals surface area contributed by atoms with Crippen molar-refractivity contribution in [1.29, 1.82) is 0 Å². The molecule has 16 heavy (non-hydrogen) atoms. The number of carbonyl (C=O) groups is 1. The van der Waals surface area contributed by atoms with E-state index in [9.17, 15) is 4.79 Å². The molecule has 2 atom stereocenters. The molecule has 94 valence electrons. The lowest BCUT2D eigenvalue weighted by Gasteiger charge is -2.22. The zero-order valence-electron chi connectivity index (χ0n) is 10.4. The van der Waals surface area contributed by atoms with Crippen LogP contribution >= 0.6 is 0 Å². The predicted octanol–water partition coefficient (Wildman–Crippen LogP) is 0.605. The normalized spacial score (nSPS) is 22.8. The first-order valence-corrected chi connectivity index (χ1v) is 6.35. The number of likely N-dealkylation sites (tertiary alicyclic amines) is 1. The van der Waals surface area contributed by atoms with Crippen LogP contribution in [0.4, 0.5) is 0 Å². The summed E-state index contributed by atoms with van der Waals surface area (Å²) in [5, 5.41) is 12.1. The van der Waals surface area contributed by atoms with Crippen molar-refractivity contribution >= 4 is 5.91 Å². The van der Waals surface area contributed by atoms with Crippen molar-refractivity contribution in [3.63, 3.8) is 0 Å². The molecule has 2 unspecified atom stereocenters. The Morgan fingerprint density at radius 3 is 2.88 bits per heavy atom. The highest BCUT2D eigenvalue weighted by molar-refractivity contribution is 5.83. The number of carbonyl (C=O) groups excluding carboxylic acids is 1. The fourth-order valence-electron chi connectivity index (χ4n) is 2.27. The molecule has 1 fully saturated rings. The van der Waals surface area contributed by atoms with Gasteiger partial charge in [-0.25, -0.2) is 0 Å². The average molecular weight is 228 g/mol. The van der Waals surface area contributed by atoms with Gasteiger partial charge in [-0.05, 0) is 25.3 Å². The fraction of sp³-hybridized carbons (Fsp3) is 0.917. The molecule has 0 saturated carbocycles. The van der Waals surface area contributed by atoms with Crippen LogP contribution in [0.5, 0.6) is 0 Å². The lowest BCUT2D eigenvalue weighted by molar-refractivity contribution is -0.130. The van der Waals surface area contributed by atoms with E-state index in [2.05, 4.69) is 12.2 Å². The van der Waals surface area contributed by atoms with Crippen molar-refractivity contribution in [2.45, 2.75) is 39.2 Å². The van der Waals surface area contributed by atoms with Crippen LogP contribution in [0.2, 0.25) is 0 Å². The van der Waals surface area contributed by atoms with Gasteiger partial charge in [0, 0.05) is 19.7 Å². The third kappa shape index (κ3) is 3.46. The van der Waals surface area contributed by atoms with E-state index < -0.39 is 0 Å². The molecule has 1 rings (SSSR count). The molecule has 0 aromatic carbocycles. The number of hydrogen-bond acceptors (Lipinski definition) is 3. The summed E-state index contributed by atoms with van der Waals surface area (Å²) in [6.07, 6.45) is 2.74. The minimum absolute atomic E-state index is 0.0247. The van der Waals surface area contributed by atoms with Crippen molar-refractivity contribution in [3.05, 3.63) is 0 Å². The summed E-state index contributed by atoms with van der Waals surface area (Å²) in [7, 11) is 0. The molecule has 1 saturated heterocycles. The number of aliphatic hydroxyl groups is 1. The van der Waals surface area contributed by atoms with E-state index in [1.807, 2.05) is 11.8 Å². The maximum atomic E-state index is 12.0. The molecule has 0 aliphatic carbocycles. The Morgan fingerprint density at radius 1 is 1.56 bits per heavy atom. The minimum Gasteiger partial charge on any atom is -0.396 e. The SMILES string of the molecule is CCNC1CCN(CC(CC)CCO)C1=O. The number of hydrogen-bond donors (Lipinski definition) is 2. The molecular weight excluding hydrogens is 204 g/mol. The Balaban J connectivity index is 2.40. The minimum atomic E-state index is 0.0247. The summed E-state index contributed by atoms with van der Waals surface area (Å²) in [6.45, 7) is 6.87. The van der Waals surface area contributed by atoms with Crippen LogP contribution in [-0.2, 0) is 4.79 Å². The standard InChI is InChI=1S/C12H24N2O2/c1-3-10(6-8-15)9-14-7-5-11(12(14)16)13-4-2/h10-11,13,15H,3-9H2,1-2H3. The zero-order chi connectivity index (χ0) is 12.0. The number of nitrogens with one attached hydrogen (secondary N) is 1. The third-order valence-electron chi connectivity index (χ3n) is 3.34.